The number of anilines is 1. The molecule has 0 aliphatic rings. The van der Waals surface area contributed by atoms with Gasteiger partial charge in [0.15, 0.2) is 0 Å². The van der Waals surface area contributed by atoms with Crippen LogP contribution in [0.15, 0.2) is 6.33 Å². The fourth-order valence-corrected chi connectivity index (χ4v) is 0.324. The lowest BCUT2D eigenvalue weighted by atomic mass is 11.1. The number of nitrogen functional groups attached to an aromatic ring is 1. The number of rotatable bonds is 0. The van der Waals surface area contributed by atoms with Crippen LogP contribution in [0.3, 0.4) is 0 Å². The van der Waals surface area contributed by atoms with Crippen LogP contribution in [0.2, 0.25) is 0 Å². The van der Waals surface area contributed by atoms with Crippen molar-refractivity contribution in [2.24, 2.45) is 0 Å². The van der Waals surface area contributed by atoms with Gasteiger partial charge in [0.2, 0.25) is 12.1 Å². The first-order valence-corrected chi connectivity index (χ1v) is 1.90. The maximum atomic E-state index is 8.11. The lowest BCUT2D eigenvalue weighted by molar-refractivity contribution is 0.901. The normalized spacial score (nSPS) is 8.38. The van der Waals surface area contributed by atoms with E-state index in [2.05, 4.69) is 10.1 Å². The topological polar surface area (TPSA) is 80.5 Å². The van der Waals surface area contributed by atoms with Crippen molar-refractivity contribution in [1.29, 1.82) is 5.26 Å². The number of nitriles is 1. The molecule has 2 N–H and O–H groups in total. The van der Waals surface area contributed by atoms with Crippen LogP contribution in [0.1, 0.15) is 0 Å². The minimum atomic E-state index is 0.117. The van der Waals surface area contributed by atoms with Crippen LogP contribution in [0, 0.1) is 11.5 Å². The number of aromatic nitrogens is 3. The van der Waals surface area contributed by atoms with Gasteiger partial charge in [-0.25, -0.2) is 0 Å². The van der Waals surface area contributed by atoms with Crippen LogP contribution in [0.4, 0.5) is 5.95 Å². The summed E-state index contributed by atoms with van der Waals surface area (Å²) in [6.07, 6.45) is 2.96. The second-order valence-electron chi connectivity index (χ2n) is 1.15. The third kappa shape index (κ3) is 0.586. The molecule has 40 valence electrons. The van der Waals surface area contributed by atoms with Crippen molar-refractivity contribution in [3.8, 4) is 6.19 Å². The highest BCUT2D eigenvalue weighted by Crippen LogP contribution is 1.83. The van der Waals surface area contributed by atoms with E-state index in [1.54, 1.807) is 6.19 Å². The Morgan fingerprint density at radius 1 is 1.88 bits per heavy atom. The monoisotopic (exact) mass is 109 g/mol. The van der Waals surface area contributed by atoms with Crippen molar-refractivity contribution in [2.75, 3.05) is 5.73 Å². The van der Waals surface area contributed by atoms with E-state index in [9.17, 15) is 0 Å². The first kappa shape index (κ1) is 4.59. The summed E-state index contributed by atoms with van der Waals surface area (Å²) in [5.74, 6) is 0.117. The average molecular weight is 109 g/mol. The van der Waals surface area contributed by atoms with Gasteiger partial charge in [-0.2, -0.15) is 14.9 Å². The zero-order valence-corrected chi connectivity index (χ0v) is 3.94. The zero-order chi connectivity index (χ0) is 5.98. The Labute approximate surface area is 45.4 Å². The average Bonchev–Trinajstić information content (AvgIpc) is 2.14. The Balaban J connectivity index is 3.05. The van der Waals surface area contributed by atoms with E-state index in [0.29, 0.717) is 0 Å². The highest BCUT2D eigenvalue weighted by molar-refractivity contribution is 5.10. The van der Waals surface area contributed by atoms with Gasteiger partial charge < -0.3 is 5.73 Å². The fraction of sp³-hybridized carbons (Fsp3) is 0. The molecule has 0 atom stereocenters. The van der Waals surface area contributed by atoms with Crippen molar-refractivity contribution < 1.29 is 0 Å². The van der Waals surface area contributed by atoms with E-state index in [4.69, 9.17) is 11.0 Å². The molecular formula is C3H3N5. The van der Waals surface area contributed by atoms with Gasteiger partial charge in [0.25, 0.3) is 0 Å². The Kier molecular flexibility index (Phi) is 0.860. The molecular weight excluding hydrogens is 106 g/mol. The Hall–Kier alpha value is -1.57. The third-order valence-electron chi connectivity index (χ3n) is 0.612. The summed E-state index contributed by atoms with van der Waals surface area (Å²) in [6.45, 7) is 0. The SMILES string of the molecule is N#Cn1cnc(N)n1. The van der Waals surface area contributed by atoms with E-state index in [-0.39, 0.29) is 5.95 Å². The largest absolute Gasteiger partial charge is 0.366 e. The number of hydrogen-bond donors (Lipinski definition) is 1. The van der Waals surface area contributed by atoms with Gasteiger partial charge in [-0.15, -0.1) is 5.10 Å². The van der Waals surface area contributed by atoms with Gasteiger partial charge in [0.1, 0.15) is 6.33 Å². The molecule has 0 unspecified atom stereocenters. The molecule has 0 aromatic carbocycles. The van der Waals surface area contributed by atoms with E-state index >= 15 is 0 Å². The molecule has 0 bridgehead atoms. The molecule has 1 aromatic heterocycles. The molecule has 8 heavy (non-hydrogen) atoms. The molecule has 5 nitrogen and oxygen atoms in total. The zero-order valence-electron chi connectivity index (χ0n) is 3.94. The first-order chi connectivity index (χ1) is 3.83. The first-order valence-electron chi connectivity index (χ1n) is 1.90. The van der Waals surface area contributed by atoms with E-state index in [0.717, 1.165) is 4.68 Å². The van der Waals surface area contributed by atoms with Crippen LogP contribution >= 0.6 is 0 Å². The third-order valence-corrected chi connectivity index (χ3v) is 0.612. The van der Waals surface area contributed by atoms with Crippen molar-refractivity contribution in [3.05, 3.63) is 6.33 Å². The van der Waals surface area contributed by atoms with Crippen molar-refractivity contribution in [2.45, 2.75) is 0 Å². The fourth-order valence-electron chi connectivity index (χ4n) is 0.324. The van der Waals surface area contributed by atoms with Gasteiger partial charge in [0.05, 0.1) is 0 Å². The molecule has 0 aliphatic heterocycles. The summed E-state index contributed by atoms with van der Waals surface area (Å²) in [4.78, 5) is 3.49. The lowest BCUT2D eigenvalue weighted by Gasteiger charge is -1.73. The van der Waals surface area contributed by atoms with Gasteiger partial charge in [-0.1, -0.05) is 0 Å². The smallest absolute Gasteiger partial charge is 0.240 e. The highest BCUT2D eigenvalue weighted by atomic mass is 15.3. The van der Waals surface area contributed by atoms with Crippen LogP contribution in [0.25, 0.3) is 0 Å². The van der Waals surface area contributed by atoms with E-state index in [1.807, 2.05) is 0 Å². The minimum Gasteiger partial charge on any atom is -0.366 e. The van der Waals surface area contributed by atoms with Crippen LogP contribution in [-0.2, 0) is 0 Å². The van der Waals surface area contributed by atoms with Crippen LogP contribution in [0.5, 0.6) is 0 Å². The predicted molar refractivity (Wildman–Crippen MR) is 25.4 cm³/mol. The second kappa shape index (κ2) is 1.50. The van der Waals surface area contributed by atoms with Crippen molar-refractivity contribution >= 4 is 5.95 Å². The summed E-state index contributed by atoms with van der Waals surface area (Å²) in [5, 5.41) is 11.6. The van der Waals surface area contributed by atoms with Crippen LogP contribution < -0.4 is 5.73 Å². The molecule has 0 aliphatic carbocycles. The quantitative estimate of drug-likeness (QED) is 0.472. The Morgan fingerprint density at radius 3 is 2.88 bits per heavy atom. The summed E-state index contributed by atoms with van der Waals surface area (Å²) in [6, 6.07) is 0. The Bertz CT molecular complexity index is 218. The number of nitrogens with zero attached hydrogens (tertiary/aromatic N) is 4. The summed E-state index contributed by atoms with van der Waals surface area (Å²) < 4.78 is 0.981. The van der Waals surface area contributed by atoms with Crippen molar-refractivity contribution in [1.82, 2.24) is 14.8 Å². The molecule has 0 spiro atoms. The minimum absolute atomic E-state index is 0.117. The lowest BCUT2D eigenvalue weighted by Crippen LogP contribution is -1.90. The summed E-state index contributed by atoms with van der Waals surface area (Å²) in [7, 11) is 0. The molecule has 0 saturated carbocycles. The molecule has 1 heterocycles. The van der Waals surface area contributed by atoms with Crippen molar-refractivity contribution in [3.63, 3.8) is 0 Å². The molecule has 0 amide bonds. The summed E-state index contributed by atoms with van der Waals surface area (Å²) >= 11 is 0. The van der Waals surface area contributed by atoms with E-state index in [1.165, 1.54) is 6.33 Å². The molecule has 0 saturated heterocycles. The van der Waals surface area contributed by atoms with Gasteiger partial charge in [-0.05, 0) is 0 Å². The maximum Gasteiger partial charge on any atom is 0.240 e. The maximum absolute atomic E-state index is 8.11. The highest BCUT2D eigenvalue weighted by Gasteiger charge is 1.88. The second-order valence-corrected chi connectivity index (χ2v) is 1.15. The molecule has 1 aromatic rings. The van der Waals surface area contributed by atoms with Crippen LogP contribution in [-0.4, -0.2) is 14.8 Å². The number of hydrogen-bond acceptors (Lipinski definition) is 4. The number of nitrogens with two attached hydrogens (primary N) is 1. The van der Waals surface area contributed by atoms with Gasteiger partial charge >= 0.3 is 0 Å². The molecule has 1 rings (SSSR count). The Morgan fingerprint density at radius 2 is 2.62 bits per heavy atom. The van der Waals surface area contributed by atoms with E-state index < -0.39 is 0 Å². The molecule has 0 fully saturated rings. The van der Waals surface area contributed by atoms with Gasteiger partial charge in [-0.3, -0.25) is 0 Å². The molecule has 0 radical (unpaired) electrons. The summed E-state index contributed by atoms with van der Waals surface area (Å²) in [5.41, 5.74) is 5.06. The predicted octanol–water partition coefficient (Wildman–Crippen LogP) is -0.811. The molecule has 5 heteroatoms. The standard InChI is InChI=1S/C3H3N5/c4-1-8-2-6-3(5)7-8/h2H,(H2,5,7). The van der Waals surface area contributed by atoms with Gasteiger partial charge in [0, 0.05) is 0 Å².